The largest absolute Gasteiger partial charge is 0.497 e. The van der Waals surface area contributed by atoms with Crippen LogP contribution in [0.3, 0.4) is 0 Å². The summed E-state index contributed by atoms with van der Waals surface area (Å²) in [5, 5.41) is 4.07. The predicted molar refractivity (Wildman–Crippen MR) is 107 cm³/mol. The second-order valence-corrected chi connectivity index (χ2v) is 7.95. The minimum Gasteiger partial charge on any atom is -0.497 e. The first-order chi connectivity index (χ1) is 13.6. The lowest BCUT2D eigenvalue weighted by molar-refractivity contribution is 0.0514. The number of hydrogen-bond donors (Lipinski definition) is 0. The Balaban J connectivity index is 1.62. The van der Waals surface area contributed by atoms with E-state index in [4.69, 9.17) is 9.26 Å². The fraction of sp³-hybridized carbons (Fsp3) is 0.545. The molecule has 6 heteroatoms. The summed E-state index contributed by atoms with van der Waals surface area (Å²) in [6.07, 6.45) is 3.93. The number of likely N-dealkylation sites (tertiary alicyclic amines) is 2. The zero-order valence-electron chi connectivity index (χ0n) is 16.9. The number of likely N-dealkylation sites (N-methyl/N-ethyl adjacent to an activating group) is 1. The van der Waals surface area contributed by atoms with Crippen molar-refractivity contribution in [1.82, 2.24) is 15.0 Å². The molecule has 0 saturated carbocycles. The molecule has 3 heterocycles. The highest BCUT2D eigenvalue weighted by atomic mass is 16.5. The van der Waals surface area contributed by atoms with E-state index in [0.717, 1.165) is 50.3 Å². The van der Waals surface area contributed by atoms with Crippen LogP contribution in [0.15, 0.2) is 34.9 Å². The lowest BCUT2D eigenvalue weighted by Gasteiger charge is -2.41. The van der Waals surface area contributed by atoms with Crippen molar-refractivity contribution in [3.05, 3.63) is 47.3 Å². The van der Waals surface area contributed by atoms with Crippen LogP contribution in [0.4, 0.5) is 0 Å². The molecule has 150 valence electrons. The number of fused-ring (bicyclic) bond motifs is 1. The van der Waals surface area contributed by atoms with Crippen LogP contribution in [0.1, 0.15) is 53.9 Å². The molecule has 0 radical (unpaired) electrons. The molecular formula is C22H29N3O3. The molecule has 1 aromatic carbocycles. The van der Waals surface area contributed by atoms with Gasteiger partial charge in [-0.25, -0.2) is 0 Å². The zero-order chi connectivity index (χ0) is 19.7. The highest BCUT2D eigenvalue weighted by molar-refractivity contribution is 5.92. The van der Waals surface area contributed by atoms with E-state index in [1.165, 1.54) is 5.56 Å². The smallest absolute Gasteiger partial charge is 0.276 e. The number of aryl methyl sites for hydroxylation is 1. The fourth-order valence-electron chi connectivity index (χ4n) is 4.83. The van der Waals surface area contributed by atoms with E-state index in [1.807, 2.05) is 23.1 Å². The molecule has 1 amide bonds. The Labute approximate surface area is 166 Å². The molecule has 0 spiro atoms. The lowest BCUT2D eigenvalue weighted by atomic mass is 9.86. The van der Waals surface area contributed by atoms with E-state index >= 15 is 0 Å². The van der Waals surface area contributed by atoms with Gasteiger partial charge in [-0.1, -0.05) is 24.2 Å². The van der Waals surface area contributed by atoms with Crippen LogP contribution < -0.4 is 4.74 Å². The van der Waals surface area contributed by atoms with Gasteiger partial charge in [0.05, 0.1) is 13.2 Å². The fourth-order valence-corrected chi connectivity index (χ4v) is 4.83. The van der Waals surface area contributed by atoms with Crippen LogP contribution in [0.25, 0.3) is 0 Å². The number of carbonyl (C=O) groups excluding carboxylic acids is 1. The van der Waals surface area contributed by atoms with Crippen molar-refractivity contribution < 1.29 is 14.1 Å². The summed E-state index contributed by atoms with van der Waals surface area (Å²) >= 11 is 0. The molecule has 2 saturated heterocycles. The van der Waals surface area contributed by atoms with Crippen molar-refractivity contribution in [2.75, 3.05) is 27.2 Å². The maximum Gasteiger partial charge on any atom is 0.276 e. The van der Waals surface area contributed by atoms with Gasteiger partial charge in [-0.05, 0) is 44.0 Å². The number of carbonyl (C=O) groups is 1. The summed E-state index contributed by atoms with van der Waals surface area (Å²) in [6.45, 7) is 3.81. The van der Waals surface area contributed by atoms with Crippen molar-refractivity contribution in [3.8, 4) is 5.75 Å². The van der Waals surface area contributed by atoms with Gasteiger partial charge >= 0.3 is 0 Å². The molecular weight excluding hydrogens is 354 g/mol. The molecule has 2 fully saturated rings. The molecule has 0 N–H and O–H groups in total. The Kier molecular flexibility index (Phi) is 5.40. The molecule has 1 aromatic heterocycles. The Morgan fingerprint density at radius 1 is 1.32 bits per heavy atom. The Bertz CT molecular complexity index is 817. The molecule has 3 atom stereocenters. The van der Waals surface area contributed by atoms with Crippen molar-refractivity contribution in [2.24, 2.45) is 0 Å². The summed E-state index contributed by atoms with van der Waals surface area (Å²) in [6, 6.07) is 10.6. The summed E-state index contributed by atoms with van der Waals surface area (Å²) in [5.41, 5.74) is 1.69. The third-order valence-corrected chi connectivity index (χ3v) is 6.20. The van der Waals surface area contributed by atoms with Crippen LogP contribution in [-0.2, 0) is 6.42 Å². The first kappa shape index (κ1) is 19.0. The number of rotatable bonds is 5. The van der Waals surface area contributed by atoms with E-state index < -0.39 is 0 Å². The molecule has 4 rings (SSSR count). The van der Waals surface area contributed by atoms with E-state index in [2.05, 4.69) is 36.2 Å². The maximum atomic E-state index is 13.3. The van der Waals surface area contributed by atoms with Gasteiger partial charge in [0.25, 0.3) is 5.91 Å². The molecule has 2 aliphatic heterocycles. The number of piperidine rings is 1. The Morgan fingerprint density at radius 3 is 2.82 bits per heavy atom. The van der Waals surface area contributed by atoms with Crippen LogP contribution in [0, 0.1) is 0 Å². The number of benzene rings is 1. The van der Waals surface area contributed by atoms with E-state index in [9.17, 15) is 4.79 Å². The van der Waals surface area contributed by atoms with E-state index in [0.29, 0.717) is 11.7 Å². The van der Waals surface area contributed by atoms with Crippen LogP contribution in [0.5, 0.6) is 5.75 Å². The van der Waals surface area contributed by atoms with E-state index in [-0.39, 0.29) is 17.9 Å². The number of amides is 1. The molecule has 0 bridgehead atoms. The number of nitrogens with zero attached hydrogens (tertiary/aromatic N) is 3. The zero-order valence-corrected chi connectivity index (χ0v) is 16.9. The lowest BCUT2D eigenvalue weighted by Crippen LogP contribution is -2.53. The Hall–Kier alpha value is -2.34. The van der Waals surface area contributed by atoms with Crippen molar-refractivity contribution in [3.63, 3.8) is 0 Å². The third kappa shape index (κ3) is 3.41. The van der Waals surface area contributed by atoms with Crippen molar-refractivity contribution >= 4 is 5.91 Å². The SMILES string of the molecule is CCCc1cc(C(=O)N2CCC[C@@H]3[C@H]2[C@@H](c2ccc(OC)cc2)CN3C)no1. The number of hydrogen-bond acceptors (Lipinski definition) is 5. The molecule has 28 heavy (non-hydrogen) atoms. The van der Waals surface area contributed by atoms with Gasteiger partial charge in [0.2, 0.25) is 0 Å². The van der Waals surface area contributed by atoms with Gasteiger partial charge in [-0.15, -0.1) is 0 Å². The van der Waals surface area contributed by atoms with Crippen LogP contribution >= 0.6 is 0 Å². The molecule has 2 aromatic rings. The van der Waals surface area contributed by atoms with Gasteiger partial charge in [-0.3, -0.25) is 4.79 Å². The van der Waals surface area contributed by atoms with Gasteiger partial charge < -0.3 is 19.1 Å². The summed E-state index contributed by atoms with van der Waals surface area (Å²) in [4.78, 5) is 17.8. The Morgan fingerprint density at radius 2 is 2.11 bits per heavy atom. The molecule has 6 nitrogen and oxygen atoms in total. The van der Waals surface area contributed by atoms with Crippen LogP contribution in [-0.4, -0.2) is 60.2 Å². The van der Waals surface area contributed by atoms with Gasteiger partial charge in [0.1, 0.15) is 11.5 Å². The second kappa shape index (κ2) is 7.95. The van der Waals surface area contributed by atoms with Crippen molar-refractivity contribution in [1.29, 1.82) is 0 Å². The average Bonchev–Trinajstić information content (AvgIpc) is 3.33. The monoisotopic (exact) mass is 383 g/mol. The summed E-state index contributed by atoms with van der Waals surface area (Å²) in [7, 11) is 3.85. The minimum atomic E-state index is -0.00499. The molecule has 2 aliphatic rings. The van der Waals surface area contributed by atoms with E-state index in [1.54, 1.807) is 7.11 Å². The maximum absolute atomic E-state index is 13.3. The van der Waals surface area contributed by atoms with Crippen LogP contribution in [0.2, 0.25) is 0 Å². The van der Waals surface area contributed by atoms with Gasteiger partial charge in [0.15, 0.2) is 5.69 Å². The second-order valence-electron chi connectivity index (χ2n) is 7.95. The van der Waals surface area contributed by atoms with Gasteiger partial charge in [0, 0.05) is 37.5 Å². The number of methoxy groups -OCH3 is 1. The highest BCUT2D eigenvalue weighted by Gasteiger charge is 2.47. The minimum absolute atomic E-state index is 0.00499. The first-order valence-electron chi connectivity index (χ1n) is 10.2. The average molecular weight is 383 g/mol. The summed E-state index contributed by atoms with van der Waals surface area (Å²) < 4.78 is 10.7. The predicted octanol–water partition coefficient (Wildman–Crippen LogP) is 3.34. The molecule has 0 unspecified atom stereocenters. The first-order valence-corrected chi connectivity index (χ1v) is 10.2. The number of aromatic nitrogens is 1. The van der Waals surface area contributed by atoms with Gasteiger partial charge in [-0.2, -0.15) is 0 Å². The number of ether oxygens (including phenoxy) is 1. The highest BCUT2D eigenvalue weighted by Crippen LogP contribution is 2.40. The third-order valence-electron chi connectivity index (χ3n) is 6.20. The molecule has 0 aliphatic carbocycles. The standard InChI is InChI=1S/C22H29N3O3/c1-4-6-17-13-19(23-28-17)22(26)25-12-5-7-20-21(25)18(14-24(20)2)15-8-10-16(27-3)11-9-15/h8-11,13,18,20-21H,4-7,12,14H2,1-3H3/t18-,20-,21-/m1/s1. The van der Waals surface area contributed by atoms with Crippen molar-refractivity contribution in [2.45, 2.75) is 50.6 Å². The topological polar surface area (TPSA) is 58.8 Å². The summed E-state index contributed by atoms with van der Waals surface area (Å²) in [5.74, 6) is 1.92. The quantitative estimate of drug-likeness (QED) is 0.793. The normalized spacial score (nSPS) is 25.0.